The largest absolute Gasteiger partial charge is 0.338 e. The average molecular weight is 330 g/mol. The van der Waals surface area contributed by atoms with Crippen molar-refractivity contribution < 1.29 is 4.79 Å². The van der Waals surface area contributed by atoms with Gasteiger partial charge < -0.3 is 4.90 Å². The van der Waals surface area contributed by atoms with E-state index >= 15 is 0 Å². The maximum atomic E-state index is 12.3. The highest BCUT2D eigenvalue weighted by Gasteiger charge is 2.14. The van der Waals surface area contributed by atoms with Crippen LogP contribution < -0.4 is 0 Å². The lowest BCUT2D eigenvalue weighted by Crippen LogP contribution is -2.33. The molecule has 0 atom stereocenters. The van der Waals surface area contributed by atoms with Crippen LogP contribution in [0.4, 0.5) is 0 Å². The zero-order valence-corrected chi connectivity index (χ0v) is 13.4. The van der Waals surface area contributed by atoms with Gasteiger partial charge in [-0.2, -0.15) is 0 Å². The number of benzene rings is 1. The van der Waals surface area contributed by atoms with Crippen LogP contribution >= 0.6 is 27.7 Å². The van der Waals surface area contributed by atoms with Gasteiger partial charge in [0.25, 0.3) is 5.91 Å². The molecule has 0 heterocycles. The van der Waals surface area contributed by atoms with E-state index < -0.39 is 0 Å². The molecule has 4 heteroatoms. The second-order valence-electron chi connectivity index (χ2n) is 4.06. The Bertz CT molecular complexity index is 367. The number of carbonyl (C=O) groups excluding carboxylic acids is 1. The molecule has 0 aliphatic rings. The van der Waals surface area contributed by atoms with Crippen LogP contribution in [0.1, 0.15) is 30.1 Å². The predicted molar refractivity (Wildman–Crippen MR) is 82.8 cm³/mol. The number of amides is 1. The Morgan fingerprint density at radius 3 is 2.44 bits per heavy atom. The highest BCUT2D eigenvalue weighted by Crippen LogP contribution is 2.16. The third-order valence-corrected chi connectivity index (χ3v) is 3.86. The fourth-order valence-electron chi connectivity index (χ4n) is 1.68. The van der Waals surface area contributed by atoms with Gasteiger partial charge in [0.2, 0.25) is 0 Å². The molecule has 0 radical (unpaired) electrons. The number of nitrogens with zero attached hydrogens (tertiary/aromatic N) is 1. The number of halogens is 1. The lowest BCUT2D eigenvalue weighted by molar-refractivity contribution is 0.0764. The van der Waals surface area contributed by atoms with Gasteiger partial charge in [-0.25, -0.2) is 0 Å². The summed E-state index contributed by atoms with van der Waals surface area (Å²) >= 11 is 5.10. The SMILES string of the molecule is CCCCN(CCBr)C(=O)c1ccc(SC)cc1. The molecule has 0 aliphatic heterocycles. The molecule has 1 aromatic rings. The second kappa shape index (κ2) is 8.59. The van der Waals surface area contributed by atoms with Crippen molar-refractivity contribution in [1.82, 2.24) is 4.90 Å². The predicted octanol–water partition coefficient (Wildman–Crippen LogP) is 4.05. The van der Waals surface area contributed by atoms with Crippen LogP contribution in [0.2, 0.25) is 0 Å². The Balaban J connectivity index is 2.73. The van der Waals surface area contributed by atoms with Gasteiger partial charge in [-0.15, -0.1) is 11.8 Å². The van der Waals surface area contributed by atoms with Crippen LogP contribution in [-0.4, -0.2) is 35.5 Å². The quantitative estimate of drug-likeness (QED) is 0.555. The van der Waals surface area contributed by atoms with Gasteiger partial charge in [0, 0.05) is 28.9 Å². The number of carbonyl (C=O) groups is 1. The molecule has 0 bridgehead atoms. The third kappa shape index (κ3) is 4.65. The Kier molecular flexibility index (Phi) is 7.44. The zero-order chi connectivity index (χ0) is 13.4. The van der Waals surface area contributed by atoms with Crippen molar-refractivity contribution in [2.45, 2.75) is 24.7 Å². The summed E-state index contributed by atoms with van der Waals surface area (Å²) in [5, 5.41) is 0.825. The molecular formula is C14H20BrNOS. The van der Waals surface area contributed by atoms with Gasteiger partial charge in [0.15, 0.2) is 0 Å². The number of alkyl halides is 1. The third-order valence-electron chi connectivity index (χ3n) is 2.76. The molecule has 0 N–H and O–H groups in total. The molecule has 1 rings (SSSR count). The van der Waals surface area contributed by atoms with E-state index in [-0.39, 0.29) is 5.91 Å². The molecule has 1 amide bonds. The molecule has 0 saturated heterocycles. The van der Waals surface area contributed by atoms with Gasteiger partial charge in [-0.05, 0) is 36.9 Å². The Hall–Kier alpha value is -0.480. The van der Waals surface area contributed by atoms with Gasteiger partial charge >= 0.3 is 0 Å². The average Bonchev–Trinajstić information content (AvgIpc) is 2.43. The molecule has 1 aromatic carbocycles. The Labute approximate surface area is 122 Å². The monoisotopic (exact) mass is 329 g/mol. The molecule has 2 nitrogen and oxygen atoms in total. The molecule has 100 valence electrons. The minimum absolute atomic E-state index is 0.135. The van der Waals surface area contributed by atoms with Crippen molar-refractivity contribution in [1.29, 1.82) is 0 Å². The minimum Gasteiger partial charge on any atom is -0.338 e. The first kappa shape index (κ1) is 15.6. The standard InChI is InChI=1S/C14H20BrNOS/c1-3-4-10-16(11-9-15)14(17)12-5-7-13(18-2)8-6-12/h5-8H,3-4,9-11H2,1-2H3. The summed E-state index contributed by atoms with van der Waals surface area (Å²) in [5.74, 6) is 0.135. The summed E-state index contributed by atoms with van der Waals surface area (Å²) in [6.45, 7) is 3.75. The summed E-state index contributed by atoms with van der Waals surface area (Å²) in [5.41, 5.74) is 0.782. The van der Waals surface area contributed by atoms with Crippen molar-refractivity contribution in [3.63, 3.8) is 0 Å². The molecule has 0 unspecified atom stereocenters. The van der Waals surface area contributed by atoms with Crippen LogP contribution in [0, 0.1) is 0 Å². The lowest BCUT2D eigenvalue weighted by atomic mass is 10.2. The topological polar surface area (TPSA) is 20.3 Å². The van der Waals surface area contributed by atoms with Crippen LogP contribution in [0.25, 0.3) is 0 Å². The molecule has 0 saturated carbocycles. The van der Waals surface area contributed by atoms with E-state index in [9.17, 15) is 4.79 Å². The summed E-state index contributed by atoms with van der Waals surface area (Å²) < 4.78 is 0. The van der Waals surface area contributed by atoms with Crippen LogP contribution in [0.5, 0.6) is 0 Å². The molecule has 0 aromatic heterocycles. The summed E-state index contributed by atoms with van der Waals surface area (Å²) in [4.78, 5) is 15.4. The first-order chi connectivity index (χ1) is 8.72. The number of hydrogen-bond acceptors (Lipinski definition) is 2. The van der Waals surface area contributed by atoms with Gasteiger partial charge in [-0.1, -0.05) is 29.3 Å². The van der Waals surface area contributed by atoms with E-state index in [0.717, 1.165) is 36.8 Å². The Morgan fingerprint density at radius 1 is 1.28 bits per heavy atom. The highest BCUT2D eigenvalue weighted by atomic mass is 79.9. The fraction of sp³-hybridized carbons (Fsp3) is 0.500. The number of hydrogen-bond donors (Lipinski definition) is 0. The van der Waals surface area contributed by atoms with Crippen molar-refractivity contribution in [2.24, 2.45) is 0 Å². The highest BCUT2D eigenvalue weighted by molar-refractivity contribution is 9.09. The molecule has 0 spiro atoms. The van der Waals surface area contributed by atoms with Crippen molar-refractivity contribution in [3.05, 3.63) is 29.8 Å². The molecule has 0 fully saturated rings. The number of thioether (sulfide) groups is 1. The Morgan fingerprint density at radius 2 is 1.94 bits per heavy atom. The van der Waals surface area contributed by atoms with Gasteiger partial charge in [-0.3, -0.25) is 4.79 Å². The minimum atomic E-state index is 0.135. The normalized spacial score (nSPS) is 10.4. The van der Waals surface area contributed by atoms with Crippen molar-refractivity contribution >= 4 is 33.6 Å². The van der Waals surface area contributed by atoms with Crippen LogP contribution in [-0.2, 0) is 0 Å². The zero-order valence-electron chi connectivity index (χ0n) is 11.0. The van der Waals surface area contributed by atoms with Crippen LogP contribution in [0.3, 0.4) is 0 Å². The lowest BCUT2D eigenvalue weighted by Gasteiger charge is -2.21. The smallest absolute Gasteiger partial charge is 0.253 e. The van der Waals surface area contributed by atoms with Crippen molar-refractivity contribution in [3.8, 4) is 0 Å². The molecular weight excluding hydrogens is 310 g/mol. The summed E-state index contributed by atoms with van der Waals surface area (Å²) in [6, 6.07) is 7.84. The van der Waals surface area contributed by atoms with Crippen LogP contribution in [0.15, 0.2) is 29.2 Å². The molecule has 0 aliphatic carbocycles. The summed E-state index contributed by atoms with van der Waals surface area (Å²) in [7, 11) is 0. The first-order valence-electron chi connectivity index (χ1n) is 6.22. The second-order valence-corrected chi connectivity index (χ2v) is 5.74. The van der Waals surface area contributed by atoms with Crippen molar-refractivity contribution in [2.75, 3.05) is 24.7 Å². The molecule has 18 heavy (non-hydrogen) atoms. The van der Waals surface area contributed by atoms with E-state index in [0.29, 0.717) is 0 Å². The first-order valence-corrected chi connectivity index (χ1v) is 8.56. The number of unbranched alkanes of at least 4 members (excludes halogenated alkanes) is 1. The fourth-order valence-corrected chi connectivity index (χ4v) is 2.52. The van der Waals surface area contributed by atoms with E-state index in [1.807, 2.05) is 35.4 Å². The maximum absolute atomic E-state index is 12.3. The van der Waals surface area contributed by atoms with Gasteiger partial charge in [0.1, 0.15) is 0 Å². The van der Waals surface area contributed by atoms with E-state index in [1.54, 1.807) is 11.8 Å². The number of rotatable bonds is 7. The summed E-state index contributed by atoms with van der Waals surface area (Å²) in [6.07, 6.45) is 4.20. The van der Waals surface area contributed by atoms with E-state index in [2.05, 4.69) is 22.9 Å². The van der Waals surface area contributed by atoms with E-state index in [1.165, 1.54) is 4.90 Å². The maximum Gasteiger partial charge on any atom is 0.253 e. The van der Waals surface area contributed by atoms with Gasteiger partial charge in [0.05, 0.1) is 0 Å². The van der Waals surface area contributed by atoms with E-state index in [4.69, 9.17) is 0 Å².